The van der Waals surface area contributed by atoms with E-state index >= 15 is 0 Å². The van der Waals surface area contributed by atoms with Crippen LogP contribution in [0.15, 0.2) is 0 Å². The van der Waals surface area contributed by atoms with Crippen molar-refractivity contribution < 1.29 is 62.2 Å². The molecule has 1 nitrogen and oxygen atoms in total. The van der Waals surface area contributed by atoms with Crippen molar-refractivity contribution >= 4 is 0 Å². The molecule has 152 valence electrons. The molecule has 0 saturated heterocycles. The summed E-state index contributed by atoms with van der Waals surface area (Å²) in [6.07, 6.45) is -32.0. The predicted octanol–water partition coefficient (Wildman–Crippen LogP) is 5.34. The summed E-state index contributed by atoms with van der Waals surface area (Å²) in [6, 6.07) is 0. The van der Waals surface area contributed by atoms with E-state index in [-0.39, 0.29) is 0 Å². The molecule has 0 aliphatic rings. The normalized spacial score (nSPS) is 17.5. The molecule has 0 spiro atoms. The summed E-state index contributed by atoms with van der Waals surface area (Å²) >= 11 is 0. The first kappa shape index (κ1) is 24.1. The lowest BCUT2D eigenvalue weighted by atomic mass is 9.83. The molecule has 25 heavy (non-hydrogen) atoms. The number of aliphatic hydroxyl groups is 1. The number of rotatable bonds is 6. The van der Waals surface area contributed by atoms with Crippen LogP contribution in [0.5, 0.6) is 0 Å². The summed E-state index contributed by atoms with van der Waals surface area (Å²) in [5.41, 5.74) is -6.34. The lowest BCUT2D eigenvalue weighted by Gasteiger charge is -2.35. The zero-order chi connectivity index (χ0) is 20.5. The number of halogens is 13. The largest absolute Gasteiger partial charge is 0.431 e. The van der Waals surface area contributed by atoms with Gasteiger partial charge in [0.15, 0.2) is 0 Å². The summed E-state index contributed by atoms with van der Waals surface area (Å²) in [7, 11) is 0. The number of hydrogen-bond acceptors (Lipinski definition) is 1. The molecule has 1 N–H and O–H groups in total. The van der Waals surface area contributed by atoms with E-state index < -0.39 is 68.1 Å². The van der Waals surface area contributed by atoms with Gasteiger partial charge in [-0.25, -0.2) is 4.39 Å². The van der Waals surface area contributed by atoms with Crippen LogP contribution in [-0.4, -0.2) is 42.1 Å². The van der Waals surface area contributed by atoms with Crippen LogP contribution in [0.2, 0.25) is 0 Å². The van der Waals surface area contributed by atoms with E-state index in [1.54, 1.807) is 0 Å². The van der Waals surface area contributed by atoms with Crippen molar-refractivity contribution in [2.24, 2.45) is 11.8 Å². The van der Waals surface area contributed by atoms with Crippen molar-refractivity contribution in [3.8, 4) is 0 Å². The average molecular weight is 406 g/mol. The van der Waals surface area contributed by atoms with Gasteiger partial charge in [0.1, 0.15) is 0 Å². The maximum atomic E-state index is 13.4. The van der Waals surface area contributed by atoms with Gasteiger partial charge in [-0.3, -0.25) is 0 Å². The van der Waals surface area contributed by atoms with Gasteiger partial charge in [0.2, 0.25) is 0 Å². The van der Waals surface area contributed by atoms with Crippen LogP contribution in [0.25, 0.3) is 0 Å². The van der Waals surface area contributed by atoms with Gasteiger partial charge in [0.25, 0.3) is 5.67 Å². The van der Waals surface area contributed by atoms with Crippen molar-refractivity contribution in [2.75, 3.05) is 6.61 Å². The highest BCUT2D eigenvalue weighted by atomic mass is 19.4. The Morgan fingerprint density at radius 1 is 0.600 bits per heavy atom. The Morgan fingerprint density at radius 2 is 0.960 bits per heavy atom. The summed E-state index contributed by atoms with van der Waals surface area (Å²) in [6.45, 7) is -1.33. The molecule has 0 aromatic heterocycles. The Balaban J connectivity index is 5.84. The average Bonchev–Trinajstić information content (AvgIpc) is 2.31. The molecule has 0 amide bonds. The van der Waals surface area contributed by atoms with E-state index in [0.717, 1.165) is 0 Å². The van der Waals surface area contributed by atoms with Gasteiger partial charge in [0.05, 0.1) is 11.8 Å². The van der Waals surface area contributed by atoms with Gasteiger partial charge >= 0.3 is 24.7 Å². The van der Waals surface area contributed by atoms with E-state index in [1.807, 2.05) is 0 Å². The molecule has 0 aliphatic heterocycles. The molecule has 0 fully saturated rings. The SMILES string of the molecule is OCCC(CC(CC(F)(C(F)(F)F)C(F)(F)F)C(F)(F)F)C(F)(F)F. The number of hydrogen-bond donors (Lipinski definition) is 1. The first-order chi connectivity index (χ1) is 10.8. The van der Waals surface area contributed by atoms with Gasteiger partial charge in [-0.2, -0.15) is 52.7 Å². The maximum absolute atomic E-state index is 13.4. The van der Waals surface area contributed by atoms with E-state index in [1.165, 1.54) is 0 Å². The maximum Gasteiger partial charge on any atom is 0.431 e. The van der Waals surface area contributed by atoms with Crippen molar-refractivity contribution in [1.29, 1.82) is 0 Å². The molecule has 2 unspecified atom stereocenters. The molecule has 0 bridgehead atoms. The van der Waals surface area contributed by atoms with Crippen LogP contribution in [0.3, 0.4) is 0 Å². The third-order valence-corrected chi connectivity index (χ3v) is 3.40. The quantitative estimate of drug-likeness (QED) is 0.591. The Hall–Kier alpha value is -0.950. The Kier molecular flexibility index (Phi) is 7.07. The molecule has 0 radical (unpaired) electrons. The summed E-state index contributed by atoms with van der Waals surface area (Å²) in [5, 5.41) is 8.39. The minimum atomic E-state index is -6.82. The molecule has 0 rings (SSSR count). The first-order valence-corrected chi connectivity index (χ1v) is 6.34. The Morgan fingerprint density at radius 3 is 1.20 bits per heavy atom. The molecular formula is C11H11F13O. The molecule has 0 aromatic rings. The summed E-state index contributed by atoms with van der Waals surface area (Å²) < 4.78 is 163. The Labute approximate surface area is 131 Å². The van der Waals surface area contributed by atoms with Gasteiger partial charge in [-0.05, 0) is 12.8 Å². The van der Waals surface area contributed by atoms with Crippen LogP contribution in [-0.2, 0) is 0 Å². The molecular weight excluding hydrogens is 395 g/mol. The lowest BCUT2D eigenvalue weighted by Crippen LogP contribution is -2.55. The molecule has 0 aromatic carbocycles. The molecule has 14 heteroatoms. The predicted molar refractivity (Wildman–Crippen MR) is 56.0 cm³/mol. The van der Waals surface area contributed by atoms with Crippen LogP contribution >= 0.6 is 0 Å². The zero-order valence-electron chi connectivity index (χ0n) is 11.8. The highest BCUT2D eigenvalue weighted by Gasteiger charge is 2.74. The van der Waals surface area contributed by atoms with Crippen molar-refractivity contribution in [3.05, 3.63) is 0 Å². The van der Waals surface area contributed by atoms with E-state index in [9.17, 15) is 57.1 Å². The number of alkyl halides is 13. The fraction of sp³-hybridized carbons (Fsp3) is 1.00. The van der Waals surface area contributed by atoms with Gasteiger partial charge in [-0.1, -0.05) is 0 Å². The standard InChI is InChI=1S/C11H11F13O/c12-7(10(19,20)21,11(22,23)24)4-6(9(16,17)18)3-5(1-2-25)8(13,14)15/h5-6,25H,1-4H2. The highest BCUT2D eigenvalue weighted by molar-refractivity contribution is 4.97. The van der Waals surface area contributed by atoms with Crippen LogP contribution in [0, 0.1) is 11.8 Å². The molecule has 0 heterocycles. The second-order valence-electron chi connectivity index (χ2n) is 5.23. The van der Waals surface area contributed by atoms with E-state index in [4.69, 9.17) is 5.11 Å². The third kappa shape index (κ3) is 6.06. The summed E-state index contributed by atoms with van der Waals surface area (Å²) in [4.78, 5) is 0. The van der Waals surface area contributed by atoms with Gasteiger partial charge in [-0.15, -0.1) is 0 Å². The topological polar surface area (TPSA) is 20.2 Å². The van der Waals surface area contributed by atoms with Crippen molar-refractivity contribution in [1.82, 2.24) is 0 Å². The second kappa shape index (κ2) is 7.35. The fourth-order valence-corrected chi connectivity index (χ4v) is 1.98. The second-order valence-corrected chi connectivity index (χ2v) is 5.23. The van der Waals surface area contributed by atoms with E-state index in [2.05, 4.69) is 0 Å². The lowest BCUT2D eigenvalue weighted by molar-refractivity contribution is -0.353. The monoisotopic (exact) mass is 406 g/mol. The number of aliphatic hydroxyl groups excluding tert-OH is 1. The van der Waals surface area contributed by atoms with Crippen LogP contribution in [0.4, 0.5) is 57.1 Å². The fourth-order valence-electron chi connectivity index (χ4n) is 1.98. The first-order valence-electron chi connectivity index (χ1n) is 6.34. The minimum absolute atomic E-state index is 1.33. The van der Waals surface area contributed by atoms with Crippen molar-refractivity contribution in [3.63, 3.8) is 0 Å². The van der Waals surface area contributed by atoms with Gasteiger partial charge in [0, 0.05) is 13.0 Å². The Bertz CT molecular complexity index is 402. The summed E-state index contributed by atoms with van der Waals surface area (Å²) in [5.74, 6) is -6.95. The highest BCUT2D eigenvalue weighted by Crippen LogP contribution is 2.53. The molecule has 2 atom stereocenters. The smallest absolute Gasteiger partial charge is 0.396 e. The molecule has 0 saturated carbocycles. The van der Waals surface area contributed by atoms with Crippen molar-refractivity contribution in [2.45, 2.75) is 49.6 Å². The van der Waals surface area contributed by atoms with Crippen LogP contribution < -0.4 is 0 Å². The third-order valence-electron chi connectivity index (χ3n) is 3.40. The zero-order valence-corrected chi connectivity index (χ0v) is 11.8. The molecule has 0 aliphatic carbocycles. The van der Waals surface area contributed by atoms with E-state index in [0.29, 0.717) is 0 Å². The van der Waals surface area contributed by atoms with Crippen LogP contribution in [0.1, 0.15) is 19.3 Å². The van der Waals surface area contributed by atoms with Gasteiger partial charge < -0.3 is 5.11 Å². The minimum Gasteiger partial charge on any atom is -0.396 e.